The van der Waals surface area contributed by atoms with Gasteiger partial charge >= 0.3 is 0 Å². The van der Waals surface area contributed by atoms with Gasteiger partial charge in [0.1, 0.15) is 16.1 Å². The first kappa shape index (κ1) is 22.4. The first-order valence-corrected chi connectivity index (χ1v) is 7.74. The summed E-state index contributed by atoms with van der Waals surface area (Å²) in [6.45, 7) is 9.69. The van der Waals surface area contributed by atoms with Gasteiger partial charge in [0.15, 0.2) is 0 Å². The van der Waals surface area contributed by atoms with E-state index in [0.29, 0.717) is 0 Å². The Morgan fingerprint density at radius 3 is 2.15 bits per heavy atom. The molecule has 0 amide bonds. The van der Waals surface area contributed by atoms with Crippen LogP contribution in [0.25, 0.3) is 0 Å². The number of fused-ring (bicyclic) bond motifs is 3. The Hall–Kier alpha value is 0.135. The van der Waals surface area contributed by atoms with Crippen molar-refractivity contribution in [1.29, 1.82) is 0 Å². The van der Waals surface area contributed by atoms with Crippen LogP contribution in [0.5, 0.6) is 0 Å². The second-order valence-corrected chi connectivity index (χ2v) is 8.22. The lowest BCUT2D eigenvalue weighted by Crippen LogP contribution is -2.47. The summed E-state index contributed by atoms with van der Waals surface area (Å²) >= 11 is -1.09. The summed E-state index contributed by atoms with van der Waals surface area (Å²) in [5.74, 6) is 1.63. The standard InChI is InChI=1S/C13H24N2OS.3BH3/c1-13(2,3)17(16)14-7-4-12-10-15-8-5-11(12)6-9-15;;;/h7,11-12H,4-6,8-10H2,1-3H3;3*1H3/t12-,17?;;;/m1.../s1. The zero-order valence-corrected chi connectivity index (χ0v) is 12.0. The highest BCUT2D eigenvalue weighted by Crippen LogP contribution is 2.33. The molecule has 3 nitrogen and oxygen atoms in total. The molecule has 20 heavy (non-hydrogen) atoms. The summed E-state index contributed by atoms with van der Waals surface area (Å²) < 4.78 is 15.7. The fourth-order valence-electron chi connectivity index (χ4n) is 2.76. The minimum atomic E-state index is -1.09. The van der Waals surface area contributed by atoms with Crippen molar-refractivity contribution in [2.24, 2.45) is 16.2 Å². The van der Waals surface area contributed by atoms with Crippen molar-refractivity contribution in [2.45, 2.75) is 44.8 Å². The maximum atomic E-state index is 11.8. The topological polar surface area (TPSA) is 38.7 Å². The van der Waals surface area contributed by atoms with Gasteiger partial charge in [0.25, 0.3) is 0 Å². The highest BCUT2D eigenvalue weighted by atomic mass is 32.2. The first-order valence-electron chi connectivity index (χ1n) is 6.63. The van der Waals surface area contributed by atoms with Crippen LogP contribution in [-0.2, 0) is 11.4 Å². The molecule has 0 aliphatic carbocycles. The van der Waals surface area contributed by atoms with Gasteiger partial charge < -0.3 is 9.45 Å². The van der Waals surface area contributed by atoms with Crippen molar-refractivity contribution < 1.29 is 4.55 Å². The molecule has 3 fully saturated rings. The summed E-state index contributed by atoms with van der Waals surface area (Å²) in [4.78, 5) is 2.55. The van der Waals surface area contributed by atoms with Crippen LogP contribution in [0.3, 0.4) is 0 Å². The third-order valence-corrected chi connectivity index (χ3v) is 5.28. The Labute approximate surface area is 133 Å². The van der Waals surface area contributed by atoms with E-state index in [1.165, 1.54) is 32.5 Å². The van der Waals surface area contributed by atoms with Crippen LogP contribution in [0, 0.1) is 11.8 Å². The summed E-state index contributed by atoms with van der Waals surface area (Å²) in [6, 6.07) is 0. The van der Waals surface area contributed by atoms with Crippen LogP contribution in [0.4, 0.5) is 0 Å². The van der Waals surface area contributed by atoms with Crippen molar-refractivity contribution in [2.75, 3.05) is 19.6 Å². The SMILES string of the molecule is B.B.B.CC(C)(C)[S+]([O-])N=CC[C@@H]1CN2CCC1CC2. The van der Waals surface area contributed by atoms with Crippen LogP contribution in [0.1, 0.15) is 40.0 Å². The molecule has 0 radical (unpaired) electrons. The van der Waals surface area contributed by atoms with E-state index in [4.69, 9.17) is 0 Å². The van der Waals surface area contributed by atoms with Gasteiger partial charge in [0.2, 0.25) is 0 Å². The molecule has 3 aliphatic heterocycles. The van der Waals surface area contributed by atoms with E-state index < -0.39 is 11.4 Å². The number of hydrogen-bond donors (Lipinski definition) is 0. The molecule has 2 bridgehead atoms. The van der Waals surface area contributed by atoms with E-state index in [9.17, 15) is 4.55 Å². The van der Waals surface area contributed by atoms with E-state index >= 15 is 0 Å². The van der Waals surface area contributed by atoms with Gasteiger partial charge in [-0.15, -0.1) is 0 Å². The van der Waals surface area contributed by atoms with Crippen LogP contribution in [-0.4, -0.2) is 65.3 Å². The first-order chi connectivity index (χ1) is 7.97. The number of rotatable bonds is 3. The minimum absolute atomic E-state index is 0. The smallest absolute Gasteiger partial charge is 0.144 e. The molecule has 116 valence electrons. The maximum Gasteiger partial charge on any atom is 0.144 e. The molecule has 2 atom stereocenters. The average Bonchev–Trinajstić information content (AvgIpc) is 2.29. The lowest BCUT2D eigenvalue weighted by atomic mass is 9.78. The third-order valence-electron chi connectivity index (χ3n) is 3.89. The van der Waals surface area contributed by atoms with Gasteiger partial charge in [-0.05, 0) is 65.0 Å². The molecule has 0 aromatic heterocycles. The van der Waals surface area contributed by atoms with Gasteiger partial charge in [0.05, 0.1) is 31.5 Å². The molecule has 3 heterocycles. The molecule has 1 unspecified atom stereocenters. The zero-order chi connectivity index (χ0) is 12.5. The molecule has 3 rings (SSSR count). The van der Waals surface area contributed by atoms with E-state index in [-0.39, 0.29) is 30.0 Å². The predicted octanol–water partition coefficient (Wildman–Crippen LogP) is -1.30. The Kier molecular flexibility index (Phi) is 10.3. The summed E-state index contributed by atoms with van der Waals surface area (Å²) in [5, 5.41) is 0. The van der Waals surface area contributed by atoms with E-state index in [0.717, 1.165) is 18.3 Å². The lowest BCUT2D eigenvalue weighted by Gasteiger charge is -2.44. The summed E-state index contributed by atoms with van der Waals surface area (Å²) in [6.07, 6.45) is 5.61. The van der Waals surface area contributed by atoms with Crippen LogP contribution in [0.15, 0.2) is 4.40 Å². The van der Waals surface area contributed by atoms with Crippen LogP contribution >= 0.6 is 0 Å². The predicted molar refractivity (Wildman–Crippen MR) is 103 cm³/mol. The Balaban J connectivity index is 0. The molecular formula is C13H33B3N2OS. The average molecular weight is 298 g/mol. The molecule has 3 saturated heterocycles. The van der Waals surface area contributed by atoms with Crippen LogP contribution in [0.2, 0.25) is 0 Å². The molecule has 0 aromatic rings. The fourth-order valence-corrected chi connectivity index (χ4v) is 3.30. The molecule has 0 saturated carbocycles. The summed E-state index contributed by atoms with van der Waals surface area (Å²) in [7, 11) is 0. The highest BCUT2D eigenvalue weighted by Gasteiger charge is 2.33. The summed E-state index contributed by atoms with van der Waals surface area (Å²) in [5.41, 5.74) is 0. The Bertz CT molecular complexity index is 292. The number of piperidine rings is 3. The van der Waals surface area contributed by atoms with Crippen molar-refractivity contribution in [3.8, 4) is 0 Å². The monoisotopic (exact) mass is 298 g/mol. The van der Waals surface area contributed by atoms with Crippen LogP contribution < -0.4 is 0 Å². The van der Waals surface area contributed by atoms with Gasteiger partial charge in [-0.3, -0.25) is 0 Å². The molecule has 7 heteroatoms. The quantitative estimate of drug-likeness (QED) is 0.369. The molecule has 0 spiro atoms. The second kappa shape index (κ2) is 9.21. The minimum Gasteiger partial charge on any atom is -0.591 e. The van der Waals surface area contributed by atoms with Crippen molar-refractivity contribution in [1.82, 2.24) is 4.90 Å². The molecule has 0 aromatic carbocycles. The molecule has 0 N–H and O–H groups in total. The highest BCUT2D eigenvalue weighted by molar-refractivity contribution is 7.91. The Morgan fingerprint density at radius 1 is 1.20 bits per heavy atom. The second-order valence-electron chi connectivity index (χ2n) is 6.28. The van der Waals surface area contributed by atoms with E-state index in [2.05, 4.69) is 9.30 Å². The van der Waals surface area contributed by atoms with Gasteiger partial charge in [-0.1, -0.05) is 4.40 Å². The zero-order valence-electron chi connectivity index (χ0n) is 11.2. The third kappa shape index (κ3) is 5.86. The molecule has 3 aliphatic rings. The Morgan fingerprint density at radius 2 is 1.75 bits per heavy atom. The number of hydrogen-bond acceptors (Lipinski definition) is 3. The lowest BCUT2D eigenvalue weighted by molar-refractivity contribution is 0.0552. The van der Waals surface area contributed by atoms with E-state index in [1.54, 1.807) is 0 Å². The maximum absolute atomic E-state index is 11.8. The van der Waals surface area contributed by atoms with Gasteiger partial charge in [-0.25, -0.2) is 0 Å². The van der Waals surface area contributed by atoms with Gasteiger partial charge in [0, 0.05) is 6.54 Å². The van der Waals surface area contributed by atoms with Gasteiger partial charge in [-0.2, -0.15) is 0 Å². The largest absolute Gasteiger partial charge is 0.591 e. The van der Waals surface area contributed by atoms with Crippen molar-refractivity contribution in [3.05, 3.63) is 0 Å². The van der Waals surface area contributed by atoms with E-state index in [1.807, 2.05) is 27.0 Å². The fraction of sp³-hybridized carbons (Fsp3) is 0.923. The van der Waals surface area contributed by atoms with Crippen molar-refractivity contribution >= 4 is 42.8 Å². The van der Waals surface area contributed by atoms with Crippen molar-refractivity contribution in [3.63, 3.8) is 0 Å². The number of nitrogens with zero attached hydrogens (tertiary/aromatic N) is 2. The normalized spacial score (nSPS) is 30.1. The molecular weight excluding hydrogens is 265 g/mol.